The lowest BCUT2D eigenvalue weighted by molar-refractivity contribution is 0.434. The fraction of sp³-hybridized carbons (Fsp3) is 0.357. The van der Waals surface area contributed by atoms with Crippen LogP contribution in [0.1, 0.15) is 25.0 Å². The fourth-order valence-electron chi connectivity index (χ4n) is 1.97. The number of hydrogen-bond donors (Lipinski definition) is 1. The largest absolute Gasteiger partial charge is 0.381 e. The molecule has 3 heteroatoms. The molecule has 0 amide bonds. The van der Waals surface area contributed by atoms with E-state index in [-0.39, 0.29) is 0 Å². The zero-order valence-corrected chi connectivity index (χ0v) is 10.5. The minimum absolute atomic E-state index is 0.511. The molecule has 0 bridgehead atoms. The number of rotatable bonds is 3. The van der Waals surface area contributed by atoms with Gasteiger partial charge in [-0.3, -0.25) is 0 Å². The Hall–Kier alpha value is -1.77. The van der Waals surface area contributed by atoms with E-state index < -0.39 is 0 Å². The van der Waals surface area contributed by atoms with E-state index in [0.29, 0.717) is 11.7 Å². The summed E-state index contributed by atoms with van der Waals surface area (Å²) in [6.45, 7) is 6.38. The van der Waals surface area contributed by atoms with Crippen LogP contribution in [0, 0.1) is 12.8 Å². The molecule has 1 aromatic heterocycles. The summed E-state index contributed by atoms with van der Waals surface area (Å²) in [5, 5.41) is 3.89. The van der Waals surface area contributed by atoms with Gasteiger partial charge in [0.2, 0.25) is 0 Å². The highest BCUT2D eigenvalue weighted by atomic mass is 16.5. The second-order valence-corrected chi connectivity index (χ2v) is 4.79. The van der Waals surface area contributed by atoms with Crippen molar-refractivity contribution in [1.82, 2.24) is 5.16 Å². The van der Waals surface area contributed by atoms with E-state index in [1.165, 1.54) is 5.56 Å². The lowest BCUT2D eigenvalue weighted by Crippen LogP contribution is -1.99. The molecule has 1 aromatic carbocycles. The number of nitrogens with two attached hydrogens (primary N) is 1. The zero-order valence-electron chi connectivity index (χ0n) is 10.5. The Bertz CT molecular complexity index is 515. The molecule has 0 aliphatic rings. The Morgan fingerprint density at radius 1 is 1.29 bits per heavy atom. The number of nitrogens with zero attached hydrogens (tertiary/aromatic N) is 1. The van der Waals surface area contributed by atoms with E-state index in [9.17, 15) is 0 Å². The van der Waals surface area contributed by atoms with Gasteiger partial charge >= 0.3 is 0 Å². The smallest absolute Gasteiger partial charge is 0.172 e. The molecule has 2 aromatic rings. The van der Waals surface area contributed by atoms with Crippen LogP contribution in [-0.2, 0) is 6.42 Å². The first-order valence-electron chi connectivity index (χ1n) is 5.89. The van der Waals surface area contributed by atoms with Crippen molar-refractivity contribution in [3.63, 3.8) is 0 Å². The van der Waals surface area contributed by atoms with Gasteiger partial charge in [-0.15, -0.1) is 0 Å². The monoisotopic (exact) mass is 230 g/mol. The van der Waals surface area contributed by atoms with E-state index in [4.69, 9.17) is 10.3 Å². The lowest BCUT2D eigenvalue weighted by atomic mass is 9.97. The SMILES string of the molecule is Cc1ccccc1-c1onc(N)c1CC(C)C. The van der Waals surface area contributed by atoms with Gasteiger partial charge in [-0.05, 0) is 24.8 Å². The first-order chi connectivity index (χ1) is 8.09. The zero-order chi connectivity index (χ0) is 12.4. The van der Waals surface area contributed by atoms with Crippen molar-refractivity contribution in [2.24, 2.45) is 5.92 Å². The fourth-order valence-corrected chi connectivity index (χ4v) is 1.97. The maximum absolute atomic E-state index is 5.87. The minimum atomic E-state index is 0.511. The van der Waals surface area contributed by atoms with Gasteiger partial charge in [-0.25, -0.2) is 0 Å². The molecule has 2 rings (SSSR count). The Kier molecular flexibility index (Phi) is 3.18. The van der Waals surface area contributed by atoms with Crippen LogP contribution in [0.2, 0.25) is 0 Å². The highest BCUT2D eigenvalue weighted by Crippen LogP contribution is 2.31. The highest BCUT2D eigenvalue weighted by Gasteiger charge is 2.17. The van der Waals surface area contributed by atoms with Crippen molar-refractivity contribution in [3.8, 4) is 11.3 Å². The Labute approximate surface area is 102 Å². The molecule has 0 spiro atoms. The number of anilines is 1. The maximum Gasteiger partial charge on any atom is 0.172 e. The molecular formula is C14H18N2O. The molecule has 0 radical (unpaired) electrons. The van der Waals surface area contributed by atoms with Crippen molar-refractivity contribution < 1.29 is 4.52 Å². The van der Waals surface area contributed by atoms with Crippen molar-refractivity contribution in [3.05, 3.63) is 35.4 Å². The third kappa shape index (κ3) is 2.33. The number of hydrogen-bond acceptors (Lipinski definition) is 3. The first-order valence-corrected chi connectivity index (χ1v) is 5.89. The van der Waals surface area contributed by atoms with Gasteiger partial charge < -0.3 is 10.3 Å². The molecule has 0 saturated heterocycles. The topological polar surface area (TPSA) is 52.0 Å². The van der Waals surface area contributed by atoms with Gasteiger partial charge in [0.05, 0.1) is 0 Å². The summed E-state index contributed by atoms with van der Waals surface area (Å²) in [7, 11) is 0. The molecule has 0 fully saturated rings. The van der Waals surface area contributed by atoms with Crippen LogP contribution in [-0.4, -0.2) is 5.16 Å². The molecule has 0 unspecified atom stereocenters. The molecule has 0 atom stereocenters. The van der Waals surface area contributed by atoms with Crippen molar-refractivity contribution in [2.45, 2.75) is 27.2 Å². The van der Waals surface area contributed by atoms with Gasteiger partial charge in [0, 0.05) is 11.1 Å². The quantitative estimate of drug-likeness (QED) is 0.878. The Morgan fingerprint density at radius 3 is 2.65 bits per heavy atom. The summed E-state index contributed by atoms with van der Waals surface area (Å²) in [6.07, 6.45) is 0.888. The van der Waals surface area contributed by atoms with Crippen LogP contribution in [0.5, 0.6) is 0 Å². The third-order valence-electron chi connectivity index (χ3n) is 2.82. The number of nitrogen functional groups attached to an aromatic ring is 1. The molecule has 2 N–H and O–H groups in total. The summed E-state index contributed by atoms with van der Waals surface area (Å²) in [4.78, 5) is 0. The second kappa shape index (κ2) is 4.62. The van der Waals surface area contributed by atoms with Crippen LogP contribution in [0.25, 0.3) is 11.3 Å². The molecule has 0 saturated carbocycles. The summed E-state index contributed by atoms with van der Waals surface area (Å²) in [5.41, 5.74) is 9.15. The molecule has 1 heterocycles. The van der Waals surface area contributed by atoms with Gasteiger partial charge in [0.1, 0.15) is 0 Å². The summed E-state index contributed by atoms with van der Waals surface area (Å²) in [5.74, 6) is 1.85. The van der Waals surface area contributed by atoms with Crippen LogP contribution >= 0.6 is 0 Å². The van der Waals surface area contributed by atoms with Crippen LogP contribution < -0.4 is 5.73 Å². The second-order valence-electron chi connectivity index (χ2n) is 4.79. The summed E-state index contributed by atoms with van der Waals surface area (Å²) >= 11 is 0. The van der Waals surface area contributed by atoms with E-state index in [1.807, 2.05) is 18.2 Å². The van der Waals surface area contributed by atoms with Gasteiger partial charge in [-0.2, -0.15) is 0 Å². The molecular weight excluding hydrogens is 212 g/mol. The summed E-state index contributed by atoms with van der Waals surface area (Å²) in [6, 6.07) is 8.12. The van der Waals surface area contributed by atoms with Crippen LogP contribution in [0.4, 0.5) is 5.82 Å². The minimum Gasteiger partial charge on any atom is -0.381 e. The highest BCUT2D eigenvalue weighted by molar-refractivity contribution is 5.68. The predicted octanol–water partition coefficient (Wildman–Crippen LogP) is 3.43. The van der Waals surface area contributed by atoms with Crippen molar-refractivity contribution >= 4 is 5.82 Å². The van der Waals surface area contributed by atoms with Crippen molar-refractivity contribution in [2.75, 3.05) is 5.73 Å². The number of aromatic nitrogens is 1. The predicted molar refractivity (Wildman–Crippen MR) is 69.6 cm³/mol. The third-order valence-corrected chi connectivity index (χ3v) is 2.82. The van der Waals surface area contributed by atoms with Gasteiger partial charge in [-0.1, -0.05) is 43.3 Å². The van der Waals surface area contributed by atoms with Crippen molar-refractivity contribution in [1.29, 1.82) is 0 Å². The Balaban J connectivity index is 2.49. The molecule has 90 valence electrons. The lowest BCUT2D eigenvalue weighted by Gasteiger charge is -2.07. The number of aryl methyl sites for hydroxylation is 1. The molecule has 0 aliphatic heterocycles. The molecule has 3 nitrogen and oxygen atoms in total. The van der Waals surface area contributed by atoms with Gasteiger partial charge in [0.15, 0.2) is 11.6 Å². The molecule has 17 heavy (non-hydrogen) atoms. The first kappa shape index (κ1) is 11.7. The average molecular weight is 230 g/mol. The molecule has 0 aliphatic carbocycles. The van der Waals surface area contributed by atoms with Crippen LogP contribution in [0.3, 0.4) is 0 Å². The van der Waals surface area contributed by atoms with E-state index >= 15 is 0 Å². The van der Waals surface area contributed by atoms with E-state index in [1.54, 1.807) is 0 Å². The normalized spacial score (nSPS) is 11.1. The summed E-state index contributed by atoms with van der Waals surface area (Å²) < 4.78 is 5.39. The average Bonchev–Trinajstić information content (AvgIpc) is 2.61. The maximum atomic E-state index is 5.87. The van der Waals surface area contributed by atoms with E-state index in [2.05, 4.69) is 32.0 Å². The van der Waals surface area contributed by atoms with Gasteiger partial charge in [0.25, 0.3) is 0 Å². The standard InChI is InChI=1S/C14H18N2O/c1-9(2)8-12-13(17-16-14(12)15)11-7-5-4-6-10(11)3/h4-7,9H,8H2,1-3H3,(H2,15,16). The Morgan fingerprint density at radius 2 is 2.00 bits per heavy atom. The van der Waals surface area contributed by atoms with Crippen LogP contribution in [0.15, 0.2) is 28.8 Å². The van der Waals surface area contributed by atoms with E-state index in [0.717, 1.165) is 23.3 Å². The number of benzene rings is 1.